The van der Waals surface area contributed by atoms with Crippen molar-refractivity contribution in [3.8, 4) is 0 Å². The summed E-state index contributed by atoms with van der Waals surface area (Å²) in [5, 5.41) is 2.86. The molecule has 1 heterocycles. The molecule has 2 atom stereocenters. The van der Waals surface area contributed by atoms with Crippen LogP contribution in [0.5, 0.6) is 0 Å². The first-order valence-electron chi connectivity index (χ1n) is 5.92. The lowest BCUT2D eigenvalue weighted by molar-refractivity contribution is -0.126. The number of ether oxygens (including phenoxy) is 1. The van der Waals surface area contributed by atoms with Crippen LogP contribution < -0.4 is 11.1 Å². The van der Waals surface area contributed by atoms with Gasteiger partial charge in [0.05, 0.1) is 6.10 Å². The zero-order valence-electron chi connectivity index (χ0n) is 9.98. The number of anilines is 1. The van der Waals surface area contributed by atoms with Crippen LogP contribution in [0.4, 0.5) is 5.69 Å². The summed E-state index contributed by atoms with van der Waals surface area (Å²) in [6.45, 7) is 2.47. The molecule has 4 nitrogen and oxygen atoms in total. The Kier molecular flexibility index (Phi) is 3.76. The van der Waals surface area contributed by atoms with Crippen molar-refractivity contribution in [1.82, 2.24) is 0 Å². The van der Waals surface area contributed by atoms with Gasteiger partial charge in [-0.1, -0.05) is 12.1 Å². The highest BCUT2D eigenvalue weighted by Crippen LogP contribution is 2.20. The summed E-state index contributed by atoms with van der Waals surface area (Å²) in [5.41, 5.74) is 7.45. The van der Waals surface area contributed by atoms with Gasteiger partial charge in [0, 0.05) is 12.2 Å². The molecule has 1 aliphatic heterocycles. The Bertz CT molecular complexity index is 406. The number of nitrogens with one attached hydrogen (secondary N) is 1. The van der Waals surface area contributed by atoms with Crippen molar-refractivity contribution in [2.45, 2.75) is 32.0 Å². The number of aryl methyl sites for hydroxylation is 1. The largest absolute Gasteiger partial charge is 0.364 e. The number of nitrogens with two attached hydrogens (primary N) is 1. The fraction of sp³-hybridized carbons (Fsp3) is 0.462. The maximum Gasteiger partial charge on any atom is 0.253 e. The molecular weight excluding hydrogens is 216 g/mol. The average Bonchev–Trinajstić information content (AvgIpc) is 2.77. The molecule has 1 amide bonds. The predicted octanol–water partition coefficient (Wildman–Crippen LogP) is 1.44. The minimum atomic E-state index is -0.357. The van der Waals surface area contributed by atoms with Crippen LogP contribution in [0, 0.1) is 6.92 Å². The van der Waals surface area contributed by atoms with Gasteiger partial charge in [0.15, 0.2) is 0 Å². The molecule has 4 heteroatoms. The van der Waals surface area contributed by atoms with Crippen LogP contribution >= 0.6 is 0 Å². The lowest BCUT2D eigenvalue weighted by Gasteiger charge is -2.12. The Morgan fingerprint density at radius 2 is 2.35 bits per heavy atom. The van der Waals surface area contributed by atoms with Crippen LogP contribution in [-0.4, -0.2) is 24.7 Å². The van der Waals surface area contributed by atoms with E-state index in [1.807, 2.05) is 31.2 Å². The smallest absolute Gasteiger partial charge is 0.253 e. The van der Waals surface area contributed by atoms with Crippen molar-refractivity contribution in [3.05, 3.63) is 29.8 Å². The Hall–Kier alpha value is -1.39. The van der Waals surface area contributed by atoms with E-state index in [2.05, 4.69) is 5.32 Å². The monoisotopic (exact) mass is 234 g/mol. The van der Waals surface area contributed by atoms with E-state index in [1.54, 1.807) is 0 Å². The summed E-state index contributed by atoms with van der Waals surface area (Å²) in [6, 6.07) is 7.73. The van der Waals surface area contributed by atoms with E-state index in [-0.39, 0.29) is 18.1 Å². The first-order valence-corrected chi connectivity index (χ1v) is 5.92. The summed E-state index contributed by atoms with van der Waals surface area (Å²) in [6.07, 6.45) is 1.29. The van der Waals surface area contributed by atoms with Crippen molar-refractivity contribution in [2.24, 2.45) is 5.73 Å². The van der Waals surface area contributed by atoms with Crippen molar-refractivity contribution in [2.75, 3.05) is 11.9 Å². The molecule has 17 heavy (non-hydrogen) atoms. The van der Waals surface area contributed by atoms with E-state index in [4.69, 9.17) is 10.5 Å². The normalized spacial score (nSPS) is 23.6. The minimum absolute atomic E-state index is 0.0308. The molecule has 0 unspecified atom stereocenters. The van der Waals surface area contributed by atoms with Gasteiger partial charge in [-0.25, -0.2) is 0 Å². The van der Waals surface area contributed by atoms with Gasteiger partial charge in [-0.15, -0.1) is 0 Å². The van der Waals surface area contributed by atoms with E-state index in [9.17, 15) is 4.79 Å². The molecule has 0 aromatic heterocycles. The zero-order valence-corrected chi connectivity index (χ0v) is 9.98. The molecule has 0 spiro atoms. The van der Waals surface area contributed by atoms with E-state index in [1.165, 1.54) is 0 Å². The van der Waals surface area contributed by atoms with Crippen molar-refractivity contribution >= 4 is 11.6 Å². The van der Waals surface area contributed by atoms with Gasteiger partial charge in [0.25, 0.3) is 5.91 Å². The lowest BCUT2D eigenvalue weighted by Crippen LogP contribution is -2.29. The summed E-state index contributed by atoms with van der Waals surface area (Å²) in [5.74, 6) is -0.0773. The van der Waals surface area contributed by atoms with Crippen LogP contribution in [-0.2, 0) is 9.53 Å². The van der Waals surface area contributed by atoms with E-state index in [0.29, 0.717) is 6.54 Å². The first-order chi connectivity index (χ1) is 8.19. The Balaban J connectivity index is 1.93. The van der Waals surface area contributed by atoms with Crippen molar-refractivity contribution in [3.63, 3.8) is 0 Å². The van der Waals surface area contributed by atoms with Gasteiger partial charge in [0.1, 0.15) is 6.10 Å². The molecule has 1 aromatic carbocycles. The van der Waals surface area contributed by atoms with Crippen molar-refractivity contribution < 1.29 is 9.53 Å². The Morgan fingerprint density at radius 1 is 1.53 bits per heavy atom. The molecule has 0 aliphatic carbocycles. The summed E-state index contributed by atoms with van der Waals surface area (Å²) < 4.78 is 5.54. The van der Waals surface area contributed by atoms with Crippen LogP contribution in [0.1, 0.15) is 18.4 Å². The van der Waals surface area contributed by atoms with Crippen molar-refractivity contribution in [1.29, 1.82) is 0 Å². The molecule has 0 bridgehead atoms. The number of amides is 1. The molecule has 1 aliphatic rings. The van der Waals surface area contributed by atoms with Gasteiger partial charge in [0.2, 0.25) is 0 Å². The average molecular weight is 234 g/mol. The quantitative estimate of drug-likeness (QED) is 0.831. The SMILES string of the molecule is Cc1cccc(NC(=O)[C@@H]2CC[C@H](CN)O2)c1. The standard InChI is InChI=1S/C13H18N2O2/c1-9-3-2-4-10(7-9)15-13(16)12-6-5-11(8-14)17-12/h2-4,7,11-12H,5-6,8,14H2,1H3,(H,15,16)/t11-,12+/m1/s1. The minimum Gasteiger partial charge on any atom is -0.364 e. The molecule has 2 rings (SSSR count). The van der Waals surface area contributed by atoms with Crippen LogP contribution in [0.25, 0.3) is 0 Å². The van der Waals surface area contributed by atoms with Crippen LogP contribution in [0.3, 0.4) is 0 Å². The van der Waals surface area contributed by atoms with Gasteiger partial charge >= 0.3 is 0 Å². The highest BCUT2D eigenvalue weighted by atomic mass is 16.5. The number of carbonyl (C=O) groups is 1. The second-order valence-corrected chi connectivity index (χ2v) is 4.42. The third-order valence-electron chi connectivity index (χ3n) is 2.95. The number of hydrogen-bond donors (Lipinski definition) is 2. The molecule has 1 saturated heterocycles. The van der Waals surface area contributed by atoms with Gasteiger partial charge < -0.3 is 15.8 Å². The highest BCUT2D eigenvalue weighted by molar-refractivity contribution is 5.94. The van der Waals surface area contributed by atoms with Gasteiger partial charge in [-0.2, -0.15) is 0 Å². The van der Waals surface area contributed by atoms with Gasteiger partial charge in [-0.05, 0) is 37.5 Å². The maximum absolute atomic E-state index is 11.9. The molecule has 92 valence electrons. The number of carbonyl (C=O) groups excluding carboxylic acids is 1. The number of benzene rings is 1. The van der Waals surface area contributed by atoms with Crippen LogP contribution in [0.15, 0.2) is 24.3 Å². The third kappa shape index (κ3) is 3.05. The molecule has 3 N–H and O–H groups in total. The summed E-state index contributed by atoms with van der Waals surface area (Å²) in [4.78, 5) is 11.9. The third-order valence-corrected chi connectivity index (χ3v) is 2.95. The number of rotatable bonds is 3. The lowest BCUT2D eigenvalue weighted by atomic mass is 10.1. The Morgan fingerprint density at radius 3 is 3.00 bits per heavy atom. The highest BCUT2D eigenvalue weighted by Gasteiger charge is 2.29. The molecule has 0 radical (unpaired) electrons. The fourth-order valence-electron chi connectivity index (χ4n) is 2.02. The molecular formula is C13H18N2O2. The molecule has 1 fully saturated rings. The summed E-state index contributed by atoms with van der Waals surface area (Å²) in [7, 11) is 0. The second kappa shape index (κ2) is 5.29. The maximum atomic E-state index is 11.9. The zero-order chi connectivity index (χ0) is 12.3. The summed E-state index contributed by atoms with van der Waals surface area (Å²) >= 11 is 0. The van der Waals surface area contributed by atoms with E-state index >= 15 is 0 Å². The van der Waals surface area contributed by atoms with Crippen LogP contribution in [0.2, 0.25) is 0 Å². The van der Waals surface area contributed by atoms with E-state index in [0.717, 1.165) is 24.1 Å². The second-order valence-electron chi connectivity index (χ2n) is 4.42. The fourth-order valence-corrected chi connectivity index (χ4v) is 2.02. The predicted molar refractivity (Wildman–Crippen MR) is 66.8 cm³/mol. The van der Waals surface area contributed by atoms with Gasteiger partial charge in [-0.3, -0.25) is 4.79 Å². The Labute approximate surface area is 101 Å². The first kappa shape index (κ1) is 12.1. The molecule has 1 aromatic rings. The topological polar surface area (TPSA) is 64.4 Å². The molecule has 0 saturated carbocycles. The van der Waals surface area contributed by atoms with E-state index < -0.39 is 0 Å². The number of hydrogen-bond acceptors (Lipinski definition) is 3.